The lowest BCUT2D eigenvalue weighted by molar-refractivity contribution is 0.354. The van der Waals surface area contributed by atoms with Gasteiger partial charge in [-0.15, -0.1) is 24.0 Å². The predicted octanol–water partition coefficient (Wildman–Crippen LogP) is 3.22. The Kier molecular flexibility index (Phi) is 7.22. The highest BCUT2D eigenvalue weighted by atomic mass is 127. The van der Waals surface area contributed by atoms with Crippen LogP contribution in [0.5, 0.6) is 11.5 Å². The molecule has 6 heteroatoms. The first-order valence-corrected chi connectivity index (χ1v) is 8.86. The van der Waals surface area contributed by atoms with Crippen LogP contribution in [0.1, 0.15) is 31.2 Å². The van der Waals surface area contributed by atoms with Crippen molar-refractivity contribution in [1.82, 2.24) is 10.6 Å². The number of benzene rings is 1. The summed E-state index contributed by atoms with van der Waals surface area (Å²) >= 11 is 0. The van der Waals surface area contributed by atoms with Crippen LogP contribution in [0.3, 0.4) is 0 Å². The second-order valence-electron chi connectivity index (χ2n) is 6.93. The van der Waals surface area contributed by atoms with Crippen LogP contribution in [0.15, 0.2) is 23.2 Å². The van der Waals surface area contributed by atoms with Crippen LogP contribution in [0, 0.1) is 11.3 Å². The van der Waals surface area contributed by atoms with E-state index in [1.807, 2.05) is 19.2 Å². The molecule has 2 aliphatic rings. The maximum atomic E-state index is 5.36. The Labute approximate surface area is 168 Å². The zero-order valence-corrected chi connectivity index (χ0v) is 17.8. The van der Waals surface area contributed by atoms with E-state index in [1.165, 1.54) is 31.2 Å². The van der Waals surface area contributed by atoms with Gasteiger partial charge in [0.1, 0.15) is 0 Å². The first-order valence-electron chi connectivity index (χ1n) is 8.86. The van der Waals surface area contributed by atoms with Crippen LogP contribution < -0.4 is 20.1 Å². The summed E-state index contributed by atoms with van der Waals surface area (Å²) in [7, 11) is 5.16. The summed E-state index contributed by atoms with van der Waals surface area (Å²) in [6.07, 6.45) is 6.52. The molecule has 5 nitrogen and oxygen atoms in total. The Bertz CT molecular complexity index is 598. The number of methoxy groups -OCH3 is 2. The molecule has 0 aromatic heterocycles. The molecule has 2 fully saturated rings. The maximum Gasteiger partial charge on any atom is 0.191 e. The van der Waals surface area contributed by atoms with Crippen LogP contribution in [0.4, 0.5) is 0 Å². The molecule has 0 spiro atoms. The summed E-state index contributed by atoms with van der Waals surface area (Å²) in [6, 6.07) is 6.06. The summed E-state index contributed by atoms with van der Waals surface area (Å²) in [5.41, 5.74) is 1.80. The fourth-order valence-corrected chi connectivity index (χ4v) is 3.43. The lowest BCUT2D eigenvalue weighted by Crippen LogP contribution is -2.41. The van der Waals surface area contributed by atoms with Gasteiger partial charge in [-0.05, 0) is 61.1 Å². The van der Waals surface area contributed by atoms with Crippen LogP contribution in [-0.2, 0) is 6.42 Å². The van der Waals surface area contributed by atoms with E-state index in [0.29, 0.717) is 5.41 Å². The lowest BCUT2D eigenvalue weighted by Gasteiger charge is -2.18. The van der Waals surface area contributed by atoms with Gasteiger partial charge in [0.15, 0.2) is 17.5 Å². The Balaban J connectivity index is 0.00000225. The predicted molar refractivity (Wildman–Crippen MR) is 112 cm³/mol. The van der Waals surface area contributed by atoms with E-state index in [9.17, 15) is 0 Å². The molecule has 0 heterocycles. The fraction of sp³-hybridized carbons (Fsp3) is 0.632. The zero-order chi connectivity index (χ0) is 17.0. The third kappa shape index (κ3) is 5.15. The number of guanidine groups is 1. The van der Waals surface area contributed by atoms with Crippen molar-refractivity contribution in [3.63, 3.8) is 0 Å². The smallest absolute Gasteiger partial charge is 0.191 e. The van der Waals surface area contributed by atoms with E-state index in [4.69, 9.17) is 9.47 Å². The van der Waals surface area contributed by atoms with Gasteiger partial charge < -0.3 is 20.1 Å². The highest BCUT2D eigenvalue weighted by molar-refractivity contribution is 14.0. The van der Waals surface area contributed by atoms with E-state index >= 15 is 0 Å². The van der Waals surface area contributed by atoms with Crippen molar-refractivity contribution in [2.45, 2.75) is 32.1 Å². The van der Waals surface area contributed by atoms with Gasteiger partial charge in [0, 0.05) is 20.1 Å². The summed E-state index contributed by atoms with van der Waals surface area (Å²) < 4.78 is 10.6. The number of halogens is 1. The third-order valence-electron chi connectivity index (χ3n) is 5.32. The van der Waals surface area contributed by atoms with Gasteiger partial charge in [0.05, 0.1) is 14.2 Å². The molecule has 2 N–H and O–H groups in total. The van der Waals surface area contributed by atoms with Crippen molar-refractivity contribution in [3.8, 4) is 11.5 Å². The minimum Gasteiger partial charge on any atom is -0.493 e. The van der Waals surface area contributed by atoms with E-state index in [-0.39, 0.29) is 24.0 Å². The summed E-state index contributed by atoms with van der Waals surface area (Å²) in [6.45, 7) is 1.90. The SMILES string of the molecule is CN=C(NCCc1ccc(OC)c(OC)c1)NCC1(C2CC2)CC1.I. The van der Waals surface area contributed by atoms with Crippen LogP contribution in [0.25, 0.3) is 0 Å². The topological polar surface area (TPSA) is 54.9 Å². The molecular weight excluding hydrogens is 429 g/mol. The number of ether oxygens (including phenoxy) is 2. The Morgan fingerprint density at radius 1 is 1.16 bits per heavy atom. The van der Waals surface area contributed by atoms with Crippen LogP contribution in [0.2, 0.25) is 0 Å². The van der Waals surface area contributed by atoms with Gasteiger partial charge in [-0.25, -0.2) is 0 Å². The lowest BCUT2D eigenvalue weighted by atomic mass is 10.0. The van der Waals surface area contributed by atoms with Crippen molar-refractivity contribution in [2.24, 2.45) is 16.3 Å². The molecule has 0 atom stereocenters. The maximum absolute atomic E-state index is 5.36. The van der Waals surface area contributed by atoms with Gasteiger partial charge in [-0.3, -0.25) is 4.99 Å². The Morgan fingerprint density at radius 3 is 2.44 bits per heavy atom. The molecule has 0 bridgehead atoms. The number of rotatable bonds is 8. The molecule has 140 valence electrons. The largest absolute Gasteiger partial charge is 0.493 e. The van der Waals surface area contributed by atoms with E-state index in [0.717, 1.165) is 42.9 Å². The standard InChI is InChI=1S/C19H29N3O2.HI/c1-20-18(22-13-19(9-10-19)15-5-6-15)21-11-8-14-4-7-16(23-2)17(12-14)24-3;/h4,7,12,15H,5-6,8-11,13H2,1-3H3,(H2,20,21,22);1H. The molecule has 2 aliphatic carbocycles. The first-order chi connectivity index (χ1) is 11.7. The molecule has 0 aliphatic heterocycles. The van der Waals surface area contributed by atoms with E-state index in [1.54, 1.807) is 14.2 Å². The molecule has 1 aromatic carbocycles. The summed E-state index contributed by atoms with van der Waals surface area (Å²) in [4.78, 5) is 4.34. The molecule has 0 unspecified atom stereocenters. The number of nitrogens with one attached hydrogen (secondary N) is 2. The third-order valence-corrected chi connectivity index (χ3v) is 5.32. The quantitative estimate of drug-likeness (QED) is 0.356. The van der Waals surface area contributed by atoms with E-state index < -0.39 is 0 Å². The number of aliphatic imine (C=N–C) groups is 1. The van der Waals surface area contributed by atoms with Crippen molar-refractivity contribution in [2.75, 3.05) is 34.4 Å². The highest BCUT2D eigenvalue weighted by Crippen LogP contribution is 2.60. The number of hydrogen-bond donors (Lipinski definition) is 2. The molecule has 25 heavy (non-hydrogen) atoms. The normalized spacial score (nSPS) is 18.1. The highest BCUT2D eigenvalue weighted by Gasteiger charge is 2.53. The van der Waals surface area contributed by atoms with Crippen LogP contribution >= 0.6 is 24.0 Å². The zero-order valence-electron chi connectivity index (χ0n) is 15.4. The second kappa shape index (κ2) is 8.96. The minimum atomic E-state index is 0. The average Bonchev–Trinajstić information content (AvgIpc) is 3.50. The number of hydrogen-bond acceptors (Lipinski definition) is 3. The van der Waals surface area contributed by atoms with Gasteiger partial charge in [-0.2, -0.15) is 0 Å². The molecular formula is C19H30IN3O2. The Hall–Kier alpha value is -1.18. The second-order valence-corrected chi connectivity index (χ2v) is 6.93. The Morgan fingerprint density at radius 2 is 1.88 bits per heavy atom. The van der Waals surface area contributed by atoms with Gasteiger partial charge in [-0.1, -0.05) is 6.07 Å². The molecule has 0 radical (unpaired) electrons. The van der Waals surface area contributed by atoms with Crippen molar-refractivity contribution < 1.29 is 9.47 Å². The van der Waals surface area contributed by atoms with Crippen LogP contribution in [-0.4, -0.2) is 40.3 Å². The van der Waals surface area contributed by atoms with Gasteiger partial charge in [0.25, 0.3) is 0 Å². The molecule has 2 saturated carbocycles. The molecule has 1 aromatic rings. The van der Waals surface area contributed by atoms with Crippen molar-refractivity contribution >= 4 is 29.9 Å². The average molecular weight is 459 g/mol. The van der Waals surface area contributed by atoms with Crippen molar-refractivity contribution in [3.05, 3.63) is 23.8 Å². The monoisotopic (exact) mass is 459 g/mol. The summed E-state index contributed by atoms with van der Waals surface area (Å²) in [5.74, 6) is 3.41. The van der Waals surface area contributed by atoms with E-state index in [2.05, 4.69) is 21.7 Å². The molecule has 3 rings (SSSR count). The van der Waals surface area contributed by atoms with Gasteiger partial charge >= 0.3 is 0 Å². The molecule has 0 amide bonds. The first kappa shape index (κ1) is 20.1. The van der Waals surface area contributed by atoms with Crippen molar-refractivity contribution in [1.29, 1.82) is 0 Å². The molecule has 0 saturated heterocycles. The number of nitrogens with zero attached hydrogens (tertiary/aromatic N) is 1. The minimum absolute atomic E-state index is 0. The summed E-state index contributed by atoms with van der Waals surface area (Å²) in [5, 5.41) is 6.93. The van der Waals surface area contributed by atoms with Gasteiger partial charge in [0.2, 0.25) is 0 Å². The fourth-order valence-electron chi connectivity index (χ4n) is 3.43.